The number of fused-ring (bicyclic) bond motifs is 1. The van der Waals surface area contributed by atoms with E-state index in [1.165, 1.54) is 0 Å². The highest BCUT2D eigenvalue weighted by Crippen LogP contribution is 2.23. The van der Waals surface area contributed by atoms with E-state index in [0.717, 1.165) is 27.7 Å². The number of aliphatic hydroxyl groups is 1. The highest BCUT2D eigenvalue weighted by Gasteiger charge is 2.07. The largest absolute Gasteiger partial charge is 0.392 e. The van der Waals surface area contributed by atoms with Crippen molar-refractivity contribution in [1.82, 2.24) is 0 Å². The van der Waals surface area contributed by atoms with Crippen molar-refractivity contribution in [2.75, 3.05) is 17.2 Å². The third-order valence-electron chi connectivity index (χ3n) is 3.69. The number of amides is 1. The number of aliphatic hydroxyl groups excluding tert-OH is 1. The average Bonchev–Trinajstić information content (AvgIpc) is 2.60. The summed E-state index contributed by atoms with van der Waals surface area (Å²) in [7, 11) is 0. The quantitative estimate of drug-likeness (QED) is 0.677. The van der Waals surface area contributed by atoms with Crippen LogP contribution in [0.4, 0.5) is 11.4 Å². The molecule has 3 aromatic carbocycles. The second-order valence-corrected chi connectivity index (χ2v) is 5.24. The summed E-state index contributed by atoms with van der Waals surface area (Å²) in [6, 6.07) is 21.1. The van der Waals surface area contributed by atoms with Gasteiger partial charge in [-0.05, 0) is 17.5 Å². The smallest absolute Gasteiger partial charge is 0.243 e. The lowest BCUT2D eigenvalue weighted by Crippen LogP contribution is -2.22. The number of nitrogens with one attached hydrogen (secondary N) is 2. The Morgan fingerprint density at radius 2 is 1.57 bits per heavy atom. The molecule has 0 aliphatic carbocycles. The molecule has 0 unspecified atom stereocenters. The Labute approximate surface area is 134 Å². The summed E-state index contributed by atoms with van der Waals surface area (Å²) in [6.45, 7) is 0.0777. The first kappa shape index (κ1) is 15.1. The second kappa shape index (κ2) is 6.94. The highest BCUT2D eigenvalue weighted by atomic mass is 16.3. The van der Waals surface area contributed by atoms with Gasteiger partial charge in [0.2, 0.25) is 5.91 Å². The van der Waals surface area contributed by atoms with Crippen molar-refractivity contribution in [3.8, 4) is 0 Å². The highest BCUT2D eigenvalue weighted by molar-refractivity contribution is 6.03. The molecule has 0 aliphatic heterocycles. The molecule has 0 saturated heterocycles. The summed E-state index contributed by atoms with van der Waals surface area (Å²) in [4.78, 5) is 12.2. The Kier molecular flexibility index (Phi) is 4.54. The monoisotopic (exact) mass is 306 g/mol. The van der Waals surface area contributed by atoms with Gasteiger partial charge >= 0.3 is 0 Å². The van der Waals surface area contributed by atoms with E-state index in [1.807, 2.05) is 66.7 Å². The first-order chi connectivity index (χ1) is 11.3. The van der Waals surface area contributed by atoms with Gasteiger partial charge in [0.25, 0.3) is 0 Å². The SMILES string of the molecule is O=C(CNc1ccccc1CO)Nc1cccc2ccccc12. The number of benzene rings is 3. The van der Waals surface area contributed by atoms with Crippen molar-refractivity contribution >= 4 is 28.1 Å². The Bertz CT molecular complexity index is 825. The molecule has 3 N–H and O–H groups in total. The molecule has 23 heavy (non-hydrogen) atoms. The molecule has 0 aliphatic rings. The molecule has 3 aromatic rings. The first-order valence-corrected chi connectivity index (χ1v) is 7.48. The van der Waals surface area contributed by atoms with Crippen LogP contribution in [0.15, 0.2) is 66.7 Å². The van der Waals surface area contributed by atoms with Crippen molar-refractivity contribution in [1.29, 1.82) is 0 Å². The normalized spacial score (nSPS) is 10.5. The number of carbonyl (C=O) groups excluding carboxylic acids is 1. The predicted molar refractivity (Wildman–Crippen MR) is 93.4 cm³/mol. The molecule has 0 aromatic heterocycles. The van der Waals surface area contributed by atoms with Crippen LogP contribution in [0, 0.1) is 0 Å². The second-order valence-electron chi connectivity index (χ2n) is 5.24. The zero-order chi connectivity index (χ0) is 16.1. The molecule has 0 heterocycles. The molecule has 0 radical (unpaired) electrons. The van der Waals surface area contributed by atoms with Crippen LogP contribution in [-0.2, 0) is 11.4 Å². The van der Waals surface area contributed by atoms with Crippen LogP contribution in [0.3, 0.4) is 0 Å². The average molecular weight is 306 g/mol. The summed E-state index contributed by atoms with van der Waals surface area (Å²) in [5.41, 5.74) is 2.33. The molecular weight excluding hydrogens is 288 g/mol. The van der Waals surface area contributed by atoms with Gasteiger partial charge in [0.1, 0.15) is 0 Å². The van der Waals surface area contributed by atoms with E-state index < -0.39 is 0 Å². The molecule has 0 bridgehead atoms. The lowest BCUT2D eigenvalue weighted by atomic mass is 10.1. The minimum atomic E-state index is -0.130. The zero-order valence-corrected chi connectivity index (χ0v) is 12.6. The zero-order valence-electron chi connectivity index (χ0n) is 12.6. The van der Waals surface area contributed by atoms with Crippen molar-refractivity contribution in [3.63, 3.8) is 0 Å². The van der Waals surface area contributed by atoms with E-state index in [4.69, 9.17) is 0 Å². The number of anilines is 2. The van der Waals surface area contributed by atoms with E-state index in [2.05, 4.69) is 10.6 Å². The van der Waals surface area contributed by atoms with E-state index >= 15 is 0 Å². The third kappa shape index (κ3) is 3.49. The van der Waals surface area contributed by atoms with Crippen LogP contribution in [0.25, 0.3) is 10.8 Å². The van der Waals surface area contributed by atoms with Gasteiger partial charge in [0.15, 0.2) is 0 Å². The molecule has 0 fully saturated rings. The Balaban J connectivity index is 1.69. The van der Waals surface area contributed by atoms with Crippen molar-refractivity contribution < 1.29 is 9.90 Å². The van der Waals surface area contributed by atoms with Crippen LogP contribution in [0.2, 0.25) is 0 Å². The van der Waals surface area contributed by atoms with Gasteiger partial charge < -0.3 is 15.7 Å². The molecule has 1 amide bonds. The number of rotatable bonds is 5. The van der Waals surface area contributed by atoms with E-state index in [9.17, 15) is 9.90 Å². The first-order valence-electron chi connectivity index (χ1n) is 7.48. The van der Waals surface area contributed by atoms with Crippen LogP contribution < -0.4 is 10.6 Å². The lowest BCUT2D eigenvalue weighted by molar-refractivity contribution is -0.114. The van der Waals surface area contributed by atoms with Crippen molar-refractivity contribution in [2.45, 2.75) is 6.61 Å². The standard InChI is InChI=1S/C19H18N2O2/c22-13-15-7-2-4-10-17(15)20-12-19(23)21-18-11-5-8-14-6-1-3-9-16(14)18/h1-11,20,22H,12-13H2,(H,21,23). The fourth-order valence-electron chi connectivity index (χ4n) is 2.53. The molecule has 4 nitrogen and oxygen atoms in total. The molecule has 0 spiro atoms. The fraction of sp³-hybridized carbons (Fsp3) is 0.105. The van der Waals surface area contributed by atoms with E-state index in [-0.39, 0.29) is 19.1 Å². The maximum absolute atomic E-state index is 12.2. The van der Waals surface area contributed by atoms with Gasteiger partial charge in [-0.3, -0.25) is 4.79 Å². The molecule has 3 rings (SSSR count). The minimum Gasteiger partial charge on any atom is -0.392 e. The van der Waals surface area contributed by atoms with Crippen molar-refractivity contribution in [2.24, 2.45) is 0 Å². The molecule has 0 atom stereocenters. The van der Waals surface area contributed by atoms with Crippen LogP contribution >= 0.6 is 0 Å². The topological polar surface area (TPSA) is 61.4 Å². The Morgan fingerprint density at radius 1 is 0.870 bits per heavy atom. The maximum Gasteiger partial charge on any atom is 0.243 e. The van der Waals surface area contributed by atoms with Crippen LogP contribution in [0.5, 0.6) is 0 Å². The summed E-state index contributed by atoms with van der Waals surface area (Å²) in [6.07, 6.45) is 0. The lowest BCUT2D eigenvalue weighted by Gasteiger charge is -2.12. The molecular formula is C19H18N2O2. The van der Waals surface area contributed by atoms with E-state index in [1.54, 1.807) is 0 Å². The van der Waals surface area contributed by atoms with E-state index in [0.29, 0.717) is 0 Å². The number of hydrogen-bond donors (Lipinski definition) is 3. The Hall–Kier alpha value is -2.85. The van der Waals surface area contributed by atoms with Gasteiger partial charge in [-0.25, -0.2) is 0 Å². The summed E-state index contributed by atoms with van der Waals surface area (Å²) in [5, 5.41) is 17.4. The fourth-order valence-corrected chi connectivity index (χ4v) is 2.53. The summed E-state index contributed by atoms with van der Waals surface area (Å²) in [5.74, 6) is -0.130. The minimum absolute atomic E-state index is 0.0614. The predicted octanol–water partition coefficient (Wildman–Crippen LogP) is 3.38. The van der Waals surface area contributed by atoms with Gasteiger partial charge in [-0.15, -0.1) is 0 Å². The van der Waals surface area contributed by atoms with Gasteiger partial charge in [0, 0.05) is 22.3 Å². The molecule has 4 heteroatoms. The number of para-hydroxylation sites is 1. The van der Waals surface area contributed by atoms with Crippen LogP contribution in [0.1, 0.15) is 5.56 Å². The van der Waals surface area contributed by atoms with Gasteiger partial charge in [0.05, 0.1) is 13.2 Å². The third-order valence-corrected chi connectivity index (χ3v) is 3.69. The molecule has 0 saturated carbocycles. The van der Waals surface area contributed by atoms with Gasteiger partial charge in [-0.2, -0.15) is 0 Å². The number of carbonyl (C=O) groups is 1. The van der Waals surface area contributed by atoms with Crippen LogP contribution in [-0.4, -0.2) is 17.6 Å². The maximum atomic E-state index is 12.2. The Morgan fingerprint density at radius 3 is 2.43 bits per heavy atom. The van der Waals surface area contributed by atoms with Crippen molar-refractivity contribution in [3.05, 3.63) is 72.3 Å². The number of hydrogen-bond acceptors (Lipinski definition) is 3. The molecule has 116 valence electrons. The van der Waals surface area contributed by atoms with Gasteiger partial charge in [-0.1, -0.05) is 54.6 Å². The summed E-state index contributed by atoms with van der Waals surface area (Å²) >= 11 is 0. The summed E-state index contributed by atoms with van der Waals surface area (Å²) < 4.78 is 0.